The lowest BCUT2D eigenvalue weighted by Crippen LogP contribution is -2.38. The molecule has 1 fully saturated rings. The summed E-state index contributed by atoms with van der Waals surface area (Å²) in [5.41, 5.74) is 0. The minimum absolute atomic E-state index is 0.599. The number of hydrogen-bond donors (Lipinski definition) is 1. The number of anilines is 1. The quantitative estimate of drug-likeness (QED) is 0.798. The second-order valence-corrected chi connectivity index (χ2v) is 5.11. The van der Waals surface area contributed by atoms with Crippen molar-refractivity contribution in [2.75, 3.05) is 32.1 Å². The van der Waals surface area contributed by atoms with Crippen molar-refractivity contribution in [3.05, 3.63) is 12.4 Å². The van der Waals surface area contributed by atoms with Crippen LogP contribution < -0.4 is 10.1 Å². The summed E-state index contributed by atoms with van der Waals surface area (Å²) in [4.78, 5) is 10.7. The molecule has 106 valence electrons. The largest absolute Gasteiger partial charge is 0.481 e. The lowest BCUT2D eigenvalue weighted by atomic mass is 10.0. The van der Waals surface area contributed by atoms with E-state index in [4.69, 9.17) is 4.74 Å². The SMILES string of the molecule is COc1cc(NCCCN2CCCCC2C)ncn1. The monoisotopic (exact) mass is 264 g/mol. The molecule has 1 unspecified atom stereocenters. The van der Waals surface area contributed by atoms with Gasteiger partial charge in [0.15, 0.2) is 0 Å². The number of methoxy groups -OCH3 is 1. The highest BCUT2D eigenvalue weighted by atomic mass is 16.5. The minimum Gasteiger partial charge on any atom is -0.481 e. The highest BCUT2D eigenvalue weighted by molar-refractivity contribution is 5.36. The van der Waals surface area contributed by atoms with Crippen LogP contribution in [0.25, 0.3) is 0 Å². The van der Waals surface area contributed by atoms with E-state index in [0.717, 1.165) is 31.4 Å². The van der Waals surface area contributed by atoms with Crippen LogP contribution in [0.2, 0.25) is 0 Å². The first-order valence-electron chi connectivity index (χ1n) is 7.13. The molecule has 0 bridgehead atoms. The second kappa shape index (κ2) is 7.28. The normalized spacial score (nSPS) is 20.2. The Balaban J connectivity index is 1.68. The van der Waals surface area contributed by atoms with Gasteiger partial charge in [0, 0.05) is 25.2 Å². The second-order valence-electron chi connectivity index (χ2n) is 5.11. The van der Waals surface area contributed by atoms with Gasteiger partial charge >= 0.3 is 0 Å². The van der Waals surface area contributed by atoms with Gasteiger partial charge in [-0.2, -0.15) is 0 Å². The van der Waals surface area contributed by atoms with Crippen molar-refractivity contribution in [1.29, 1.82) is 0 Å². The maximum atomic E-state index is 5.07. The third kappa shape index (κ3) is 4.35. The zero-order valence-corrected chi connectivity index (χ0v) is 11.9. The van der Waals surface area contributed by atoms with Crippen molar-refractivity contribution in [2.24, 2.45) is 0 Å². The van der Waals surface area contributed by atoms with Crippen LogP contribution in [-0.4, -0.2) is 47.7 Å². The molecule has 2 heterocycles. The van der Waals surface area contributed by atoms with E-state index in [0.29, 0.717) is 5.88 Å². The minimum atomic E-state index is 0.599. The van der Waals surface area contributed by atoms with E-state index < -0.39 is 0 Å². The van der Waals surface area contributed by atoms with Gasteiger partial charge in [-0.1, -0.05) is 6.42 Å². The number of nitrogens with one attached hydrogen (secondary N) is 1. The van der Waals surface area contributed by atoms with E-state index >= 15 is 0 Å². The number of hydrogen-bond acceptors (Lipinski definition) is 5. The van der Waals surface area contributed by atoms with Crippen molar-refractivity contribution in [2.45, 2.75) is 38.6 Å². The Bertz CT molecular complexity index is 385. The lowest BCUT2D eigenvalue weighted by molar-refractivity contribution is 0.160. The van der Waals surface area contributed by atoms with E-state index in [9.17, 15) is 0 Å². The Morgan fingerprint density at radius 1 is 1.42 bits per heavy atom. The zero-order valence-electron chi connectivity index (χ0n) is 11.9. The summed E-state index contributed by atoms with van der Waals surface area (Å²) in [5, 5.41) is 3.32. The molecule has 0 radical (unpaired) electrons. The van der Waals surface area contributed by atoms with Gasteiger partial charge in [0.2, 0.25) is 5.88 Å². The molecule has 1 N–H and O–H groups in total. The number of rotatable bonds is 6. The van der Waals surface area contributed by atoms with Crippen LogP contribution in [0.5, 0.6) is 5.88 Å². The van der Waals surface area contributed by atoms with Gasteiger partial charge in [-0.15, -0.1) is 0 Å². The van der Waals surface area contributed by atoms with E-state index in [1.165, 1.54) is 32.1 Å². The first-order valence-corrected chi connectivity index (χ1v) is 7.13. The first kappa shape index (κ1) is 14.1. The van der Waals surface area contributed by atoms with Crippen LogP contribution in [-0.2, 0) is 0 Å². The smallest absolute Gasteiger partial charge is 0.218 e. The maximum Gasteiger partial charge on any atom is 0.218 e. The summed E-state index contributed by atoms with van der Waals surface area (Å²) in [5.74, 6) is 1.43. The summed E-state index contributed by atoms with van der Waals surface area (Å²) in [6.45, 7) is 5.68. The Morgan fingerprint density at radius 3 is 3.11 bits per heavy atom. The Kier molecular flexibility index (Phi) is 5.39. The number of nitrogens with zero attached hydrogens (tertiary/aromatic N) is 3. The predicted octanol–water partition coefficient (Wildman–Crippen LogP) is 2.16. The third-order valence-corrected chi connectivity index (χ3v) is 3.72. The van der Waals surface area contributed by atoms with Gasteiger partial charge in [0.1, 0.15) is 12.1 Å². The van der Waals surface area contributed by atoms with Crippen LogP contribution >= 0.6 is 0 Å². The van der Waals surface area contributed by atoms with Gasteiger partial charge in [0.05, 0.1) is 7.11 Å². The number of aromatic nitrogens is 2. The molecule has 0 amide bonds. The van der Waals surface area contributed by atoms with Crippen LogP contribution in [0.1, 0.15) is 32.6 Å². The zero-order chi connectivity index (χ0) is 13.5. The average Bonchev–Trinajstić information content (AvgIpc) is 2.45. The Hall–Kier alpha value is -1.36. The molecule has 1 aromatic rings. The fourth-order valence-electron chi connectivity index (χ4n) is 2.54. The van der Waals surface area contributed by atoms with Gasteiger partial charge in [-0.3, -0.25) is 0 Å². The molecule has 1 aliphatic heterocycles. The molecule has 0 aromatic carbocycles. The predicted molar refractivity (Wildman–Crippen MR) is 76.6 cm³/mol. The molecule has 0 spiro atoms. The molecule has 1 aromatic heterocycles. The topological polar surface area (TPSA) is 50.3 Å². The molecule has 0 aliphatic carbocycles. The summed E-state index contributed by atoms with van der Waals surface area (Å²) < 4.78 is 5.07. The van der Waals surface area contributed by atoms with Crippen LogP contribution in [0.15, 0.2) is 12.4 Å². The molecule has 1 saturated heterocycles. The van der Waals surface area contributed by atoms with Crippen molar-refractivity contribution in [3.63, 3.8) is 0 Å². The van der Waals surface area contributed by atoms with Crippen molar-refractivity contribution >= 4 is 5.82 Å². The van der Waals surface area contributed by atoms with E-state index in [-0.39, 0.29) is 0 Å². The summed E-state index contributed by atoms with van der Waals surface area (Å²) in [6, 6.07) is 2.57. The van der Waals surface area contributed by atoms with E-state index in [1.54, 1.807) is 7.11 Å². The van der Waals surface area contributed by atoms with Crippen LogP contribution in [0.4, 0.5) is 5.82 Å². The lowest BCUT2D eigenvalue weighted by Gasteiger charge is -2.33. The summed E-state index contributed by atoms with van der Waals surface area (Å²) >= 11 is 0. The Morgan fingerprint density at radius 2 is 2.32 bits per heavy atom. The van der Waals surface area contributed by atoms with Gasteiger partial charge in [-0.05, 0) is 32.7 Å². The van der Waals surface area contributed by atoms with Crippen molar-refractivity contribution in [1.82, 2.24) is 14.9 Å². The van der Waals surface area contributed by atoms with Gasteiger partial charge in [0.25, 0.3) is 0 Å². The van der Waals surface area contributed by atoms with E-state index in [2.05, 4.69) is 27.1 Å². The van der Waals surface area contributed by atoms with Gasteiger partial charge in [-0.25, -0.2) is 9.97 Å². The third-order valence-electron chi connectivity index (χ3n) is 3.72. The van der Waals surface area contributed by atoms with Gasteiger partial charge < -0.3 is 15.0 Å². The van der Waals surface area contributed by atoms with Crippen LogP contribution in [0, 0.1) is 0 Å². The number of likely N-dealkylation sites (tertiary alicyclic amines) is 1. The van der Waals surface area contributed by atoms with Crippen LogP contribution in [0.3, 0.4) is 0 Å². The average molecular weight is 264 g/mol. The maximum absolute atomic E-state index is 5.07. The molecular weight excluding hydrogens is 240 g/mol. The number of ether oxygens (including phenoxy) is 1. The molecule has 2 rings (SSSR count). The molecule has 1 aliphatic rings. The van der Waals surface area contributed by atoms with Crippen molar-refractivity contribution in [3.8, 4) is 5.88 Å². The highest BCUT2D eigenvalue weighted by Crippen LogP contribution is 2.16. The standard InChI is InChI=1S/C14H24N4O/c1-12-6-3-4-8-18(12)9-5-7-15-13-10-14(19-2)17-11-16-13/h10-12H,3-9H2,1-2H3,(H,15,16,17). The fourth-order valence-corrected chi connectivity index (χ4v) is 2.54. The number of piperidine rings is 1. The Labute approximate surface area is 115 Å². The highest BCUT2D eigenvalue weighted by Gasteiger charge is 2.16. The first-order chi connectivity index (χ1) is 9.29. The molecule has 0 saturated carbocycles. The molecular formula is C14H24N4O. The molecule has 19 heavy (non-hydrogen) atoms. The summed E-state index contributed by atoms with van der Waals surface area (Å²) in [6.07, 6.45) is 6.73. The van der Waals surface area contributed by atoms with E-state index in [1.807, 2.05) is 6.07 Å². The van der Waals surface area contributed by atoms with Crippen molar-refractivity contribution < 1.29 is 4.74 Å². The fraction of sp³-hybridized carbons (Fsp3) is 0.714. The summed E-state index contributed by atoms with van der Waals surface area (Å²) in [7, 11) is 1.61. The molecule has 5 heteroatoms. The molecule has 5 nitrogen and oxygen atoms in total. The molecule has 1 atom stereocenters.